The minimum absolute atomic E-state index is 0.0575. The molecule has 2 heterocycles. The summed E-state index contributed by atoms with van der Waals surface area (Å²) in [5.41, 5.74) is -0.285. The molecular formula is C21H17F3N4O3. The first-order chi connectivity index (χ1) is 14.6. The molecule has 1 N–H and O–H groups in total. The number of fused-ring (bicyclic) bond motifs is 1. The van der Waals surface area contributed by atoms with Crippen LogP contribution in [0.3, 0.4) is 0 Å². The summed E-state index contributed by atoms with van der Waals surface area (Å²) in [6.07, 6.45) is -4.43. The Balaban J connectivity index is 1.72. The molecule has 4 rings (SSSR count). The predicted octanol–water partition coefficient (Wildman–Crippen LogP) is 4.08. The molecule has 160 valence electrons. The van der Waals surface area contributed by atoms with Crippen molar-refractivity contribution in [2.75, 3.05) is 0 Å². The third-order valence-corrected chi connectivity index (χ3v) is 4.67. The van der Waals surface area contributed by atoms with Gasteiger partial charge in [0.2, 0.25) is 5.82 Å². The molecule has 31 heavy (non-hydrogen) atoms. The van der Waals surface area contributed by atoms with Crippen molar-refractivity contribution in [1.29, 1.82) is 0 Å². The molecule has 0 saturated heterocycles. The molecule has 0 fully saturated rings. The highest BCUT2D eigenvalue weighted by molar-refractivity contribution is 5.80. The highest BCUT2D eigenvalue weighted by atomic mass is 19.4. The lowest BCUT2D eigenvalue weighted by atomic mass is 10.1. The molecule has 0 unspecified atom stereocenters. The van der Waals surface area contributed by atoms with Gasteiger partial charge in [-0.2, -0.15) is 18.2 Å². The summed E-state index contributed by atoms with van der Waals surface area (Å²) >= 11 is 0. The van der Waals surface area contributed by atoms with Gasteiger partial charge in [-0.25, -0.2) is 0 Å². The number of hydrogen-bond donors (Lipinski definition) is 1. The van der Waals surface area contributed by atoms with Gasteiger partial charge in [-0.05, 0) is 48.4 Å². The molecule has 0 aliphatic rings. The van der Waals surface area contributed by atoms with Crippen LogP contribution in [0.1, 0.15) is 19.4 Å². The number of alkyl halides is 3. The molecule has 0 atom stereocenters. The van der Waals surface area contributed by atoms with Gasteiger partial charge in [0.05, 0.1) is 16.6 Å². The van der Waals surface area contributed by atoms with Crippen LogP contribution < -0.4 is 11.1 Å². The van der Waals surface area contributed by atoms with Crippen LogP contribution in [-0.4, -0.2) is 19.7 Å². The van der Waals surface area contributed by atoms with Crippen molar-refractivity contribution < 1.29 is 17.7 Å². The van der Waals surface area contributed by atoms with Gasteiger partial charge < -0.3 is 14.1 Å². The molecule has 0 amide bonds. The first-order valence-corrected chi connectivity index (χ1v) is 9.42. The maximum atomic E-state index is 12.7. The molecule has 0 aliphatic carbocycles. The van der Waals surface area contributed by atoms with Crippen molar-refractivity contribution in [1.82, 2.24) is 19.7 Å². The number of H-pyrrole nitrogens is 1. The maximum absolute atomic E-state index is 12.7. The zero-order chi connectivity index (χ0) is 22.3. The van der Waals surface area contributed by atoms with Gasteiger partial charge in [-0.15, -0.1) is 0 Å². The van der Waals surface area contributed by atoms with Gasteiger partial charge in [0.25, 0.3) is 5.89 Å². The number of benzene rings is 2. The van der Waals surface area contributed by atoms with E-state index < -0.39 is 22.9 Å². The zero-order valence-corrected chi connectivity index (χ0v) is 16.5. The monoisotopic (exact) mass is 430 g/mol. The third kappa shape index (κ3) is 4.00. The fourth-order valence-corrected chi connectivity index (χ4v) is 3.22. The lowest BCUT2D eigenvalue weighted by Gasteiger charge is -2.12. The van der Waals surface area contributed by atoms with Gasteiger partial charge in [-0.1, -0.05) is 19.0 Å². The average molecular weight is 430 g/mol. The normalized spacial score (nSPS) is 12.1. The highest BCUT2D eigenvalue weighted by Crippen LogP contribution is 2.31. The van der Waals surface area contributed by atoms with Crippen molar-refractivity contribution in [3.8, 4) is 22.8 Å². The molecule has 2 aromatic heterocycles. The molecular weight excluding hydrogens is 413 g/mol. The second-order valence-corrected chi connectivity index (χ2v) is 7.49. The van der Waals surface area contributed by atoms with Gasteiger partial charge in [0.1, 0.15) is 0 Å². The summed E-state index contributed by atoms with van der Waals surface area (Å²) in [4.78, 5) is 31.1. The van der Waals surface area contributed by atoms with Gasteiger partial charge in [0.15, 0.2) is 0 Å². The largest absolute Gasteiger partial charge is 0.416 e. The topological polar surface area (TPSA) is 93.8 Å². The highest BCUT2D eigenvalue weighted by Gasteiger charge is 2.30. The smallest absolute Gasteiger partial charge is 0.334 e. The quantitative estimate of drug-likeness (QED) is 0.493. The van der Waals surface area contributed by atoms with E-state index in [-0.39, 0.29) is 17.6 Å². The first kappa shape index (κ1) is 20.6. The third-order valence-electron chi connectivity index (χ3n) is 4.67. The number of nitrogens with one attached hydrogen (secondary N) is 1. The molecule has 10 heteroatoms. The van der Waals surface area contributed by atoms with E-state index in [0.717, 1.165) is 12.1 Å². The van der Waals surface area contributed by atoms with E-state index in [9.17, 15) is 22.8 Å². The molecule has 0 radical (unpaired) electrons. The minimum Gasteiger partial charge on any atom is -0.334 e. The van der Waals surface area contributed by atoms with E-state index in [2.05, 4.69) is 15.1 Å². The van der Waals surface area contributed by atoms with Gasteiger partial charge in [0, 0.05) is 17.7 Å². The summed E-state index contributed by atoms with van der Waals surface area (Å²) in [6, 6.07) is 9.36. The standard InChI is InChI=1S/C21H17F3N4O3/c1-11(2)10-28-16-8-5-13(9-15(16)25-18(29)20(28)30)17-26-19(31-27-17)12-3-6-14(7-4-12)21(22,23)24/h3-9,11H,10H2,1-2H3,(H,25,29). The van der Waals surface area contributed by atoms with Crippen LogP contribution >= 0.6 is 0 Å². The van der Waals surface area contributed by atoms with Gasteiger partial charge in [-0.3, -0.25) is 9.59 Å². The van der Waals surface area contributed by atoms with Crippen molar-refractivity contribution in [2.24, 2.45) is 5.92 Å². The Morgan fingerprint density at radius 2 is 1.74 bits per heavy atom. The SMILES string of the molecule is CC(C)Cn1c(=O)c(=O)[nH]c2cc(-c3noc(-c4ccc(C(F)(F)F)cc4)n3)ccc21. The minimum atomic E-state index is -4.43. The number of hydrogen-bond acceptors (Lipinski definition) is 5. The van der Waals surface area contributed by atoms with Gasteiger partial charge >= 0.3 is 17.3 Å². The van der Waals surface area contributed by atoms with Crippen molar-refractivity contribution in [3.63, 3.8) is 0 Å². The molecule has 0 bridgehead atoms. The van der Waals surface area contributed by atoms with Crippen LogP contribution in [0, 0.1) is 5.92 Å². The van der Waals surface area contributed by atoms with Crippen LogP contribution in [0.2, 0.25) is 0 Å². The summed E-state index contributed by atoms with van der Waals surface area (Å²) in [5.74, 6) is 0.409. The van der Waals surface area contributed by atoms with Crippen molar-refractivity contribution in [2.45, 2.75) is 26.6 Å². The first-order valence-electron chi connectivity index (χ1n) is 9.42. The summed E-state index contributed by atoms with van der Waals surface area (Å²) in [7, 11) is 0. The fraction of sp³-hybridized carbons (Fsp3) is 0.238. The molecule has 4 aromatic rings. The number of aromatic nitrogens is 4. The summed E-state index contributed by atoms with van der Waals surface area (Å²) in [5, 5.41) is 3.88. The van der Waals surface area contributed by atoms with Crippen molar-refractivity contribution in [3.05, 3.63) is 68.7 Å². The predicted molar refractivity (Wildman–Crippen MR) is 107 cm³/mol. The number of halogens is 3. The average Bonchev–Trinajstić information content (AvgIpc) is 3.20. The number of rotatable bonds is 4. The van der Waals surface area contributed by atoms with Crippen LogP contribution in [0.4, 0.5) is 13.2 Å². The van der Waals surface area contributed by atoms with E-state index in [0.29, 0.717) is 28.7 Å². The molecule has 0 saturated carbocycles. The van der Waals surface area contributed by atoms with Crippen LogP contribution in [0.5, 0.6) is 0 Å². The Kier molecular flexibility index (Phi) is 5.00. The Morgan fingerprint density at radius 1 is 1.06 bits per heavy atom. The number of aromatic amines is 1. The zero-order valence-electron chi connectivity index (χ0n) is 16.5. The maximum Gasteiger partial charge on any atom is 0.416 e. The Hall–Kier alpha value is -3.69. The van der Waals surface area contributed by atoms with E-state index in [1.54, 1.807) is 18.2 Å². The number of nitrogens with zero attached hydrogens (tertiary/aromatic N) is 3. The van der Waals surface area contributed by atoms with Crippen LogP contribution in [0.25, 0.3) is 33.9 Å². The molecule has 7 nitrogen and oxygen atoms in total. The molecule has 0 spiro atoms. The van der Waals surface area contributed by atoms with E-state index in [1.165, 1.54) is 16.7 Å². The Morgan fingerprint density at radius 3 is 2.39 bits per heavy atom. The Bertz CT molecular complexity index is 1370. The van der Waals surface area contributed by atoms with E-state index >= 15 is 0 Å². The second-order valence-electron chi connectivity index (χ2n) is 7.49. The van der Waals surface area contributed by atoms with E-state index in [1.807, 2.05) is 13.8 Å². The lowest BCUT2D eigenvalue weighted by Crippen LogP contribution is -2.37. The second kappa shape index (κ2) is 7.53. The lowest BCUT2D eigenvalue weighted by molar-refractivity contribution is -0.137. The fourth-order valence-electron chi connectivity index (χ4n) is 3.22. The van der Waals surface area contributed by atoms with E-state index in [4.69, 9.17) is 4.52 Å². The molecule has 2 aromatic carbocycles. The summed E-state index contributed by atoms with van der Waals surface area (Å²) in [6.45, 7) is 4.27. The van der Waals surface area contributed by atoms with Crippen LogP contribution in [0.15, 0.2) is 56.6 Å². The Labute approximate surface area is 173 Å². The van der Waals surface area contributed by atoms with Crippen LogP contribution in [-0.2, 0) is 12.7 Å². The van der Waals surface area contributed by atoms with Crippen molar-refractivity contribution >= 4 is 11.0 Å². The molecule has 0 aliphatic heterocycles. The summed E-state index contributed by atoms with van der Waals surface area (Å²) < 4.78 is 44.8.